The quantitative estimate of drug-likeness (QED) is 0.444. The van der Waals surface area contributed by atoms with Crippen LogP contribution in [0.3, 0.4) is 0 Å². The van der Waals surface area contributed by atoms with Crippen LogP contribution in [0.4, 0.5) is 0 Å². The molecule has 0 radical (unpaired) electrons. The van der Waals surface area contributed by atoms with Gasteiger partial charge in [0.1, 0.15) is 17.6 Å². The molecule has 150 valence electrons. The molecular formula is C19H15BrClN3O4S. The van der Waals surface area contributed by atoms with Gasteiger partial charge in [-0.15, -0.1) is 5.10 Å². The van der Waals surface area contributed by atoms with E-state index in [1.807, 2.05) is 24.3 Å². The smallest absolute Gasteiger partial charge is 0.305 e. The SMILES string of the molecule is O=C(O)CC1SC(=NN=Cc2cc(Cl)ccc2OCc2ccc(Br)cc2)NC1=O. The van der Waals surface area contributed by atoms with Gasteiger partial charge in [-0.1, -0.05) is 51.4 Å². The standard InChI is InChI=1S/C19H15BrClN3O4S/c20-13-3-1-11(2-4-13)10-28-15-6-5-14(21)7-12(15)9-22-24-19-23-18(27)16(29-19)8-17(25)26/h1-7,9,16H,8,10H2,(H,25,26)(H,23,24,27). The van der Waals surface area contributed by atoms with Gasteiger partial charge in [0.05, 0.1) is 12.6 Å². The van der Waals surface area contributed by atoms with Crippen LogP contribution in [-0.4, -0.2) is 33.6 Å². The summed E-state index contributed by atoms with van der Waals surface area (Å²) in [7, 11) is 0. The molecule has 0 aliphatic carbocycles. The van der Waals surface area contributed by atoms with Crippen molar-refractivity contribution in [3.63, 3.8) is 0 Å². The third-order valence-corrected chi connectivity index (χ3v) is 5.60. The normalized spacial score (nSPS) is 17.7. The molecule has 1 amide bonds. The number of nitrogens with one attached hydrogen (secondary N) is 1. The van der Waals surface area contributed by atoms with Gasteiger partial charge in [-0.25, -0.2) is 0 Å². The Morgan fingerprint density at radius 3 is 2.79 bits per heavy atom. The topological polar surface area (TPSA) is 100 Å². The molecular weight excluding hydrogens is 482 g/mol. The number of rotatable bonds is 7. The van der Waals surface area contributed by atoms with Gasteiger partial charge < -0.3 is 15.2 Å². The zero-order valence-corrected chi connectivity index (χ0v) is 18.0. The van der Waals surface area contributed by atoms with Crippen LogP contribution in [0.25, 0.3) is 0 Å². The number of aliphatic carboxylic acids is 1. The van der Waals surface area contributed by atoms with Crippen LogP contribution < -0.4 is 10.1 Å². The molecule has 1 unspecified atom stereocenters. The molecule has 1 aliphatic heterocycles. The Labute approximate surface area is 184 Å². The third-order valence-electron chi connectivity index (χ3n) is 3.76. The zero-order valence-electron chi connectivity index (χ0n) is 14.8. The van der Waals surface area contributed by atoms with Crippen molar-refractivity contribution < 1.29 is 19.4 Å². The molecule has 29 heavy (non-hydrogen) atoms. The molecule has 0 saturated carbocycles. The summed E-state index contributed by atoms with van der Waals surface area (Å²) in [4.78, 5) is 22.5. The number of ether oxygens (including phenoxy) is 1. The van der Waals surface area contributed by atoms with Crippen molar-refractivity contribution in [3.05, 3.63) is 63.1 Å². The number of hydrogen-bond donors (Lipinski definition) is 2. The van der Waals surface area contributed by atoms with E-state index >= 15 is 0 Å². The Balaban J connectivity index is 1.68. The van der Waals surface area contributed by atoms with E-state index in [1.165, 1.54) is 6.21 Å². The van der Waals surface area contributed by atoms with Gasteiger partial charge in [0.25, 0.3) is 0 Å². The van der Waals surface area contributed by atoms with Gasteiger partial charge in [0.2, 0.25) is 5.91 Å². The van der Waals surface area contributed by atoms with Crippen molar-refractivity contribution >= 4 is 62.6 Å². The molecule has 2 aromatic carbocycles. The van der Waals surface area contributed by atoms with Crippen molar-refractivity contribution in [3.8, 4) is 5.75 Å². The minimum atomic E-state index is -1.05. The molecule has 7 nitrogen and oxygen atoms in total. The number of thioether (sulfide) groups is 1. The average molecular weight is 497 g/mol. The largest absolute Gasteiger partial charge is 0.488 e. The Kier molecular flexibility index (Phi) is 7.29. The molecule has 1 heterocycles. The minimum Gasteiger partial charge on any atom is -0.488 e. The Hall–Kier alpha value is -2.36. The monoisotopic (exact) mass is 495 g/mol. The predicted octanol–water partition coefficient (Wildman–Crippen LogP) is 4.08. The Morgan fingerprint density at radius 2 is 2.07 bits per heavy atom. The fourth-order valence-corrected chi connectivity index (χ4v) is 3.74. The highest BCUT2D eigenvalue weighted by atomic mass is 79.9. The molecule has 2 aromatic rings. The van der Waals surface area contributed by atoms with Gasteiger partial charge in [-0.2, -0.15) is 5.10 Å². The molecule has 0 bridgehead atoms. The van der Waals surface area contributed by atoms with E-state index in [1.54, 1.807) is 18.2 Å². The number of amidine groups is 1. The van der Waals surface area contributed by atoms with Crippen LogP contribution in [0.15, 0.2) is 57.1 Å². The maximum absolute atomic E-state index is 11.7. The van der Waals surface area contributed by atoms with Crippen molar-refractivity contribution in [2.75, 3.05) is 0 Å². The number of hydrogen-bond acceptors (Lipinski definition) is 6. The molecule has 1 aliphatic rings. The van der Waals surface area contributed by atoms with Crippen LogP contribution in [0.5, 0.6) is 5.75 Å². The Morgan fingerprint density at radius 1 is 1.31 bits per heavy atom. The summed E-state index contributed by atoms with van der Waals surface area (Å²) >= 11 is 10.5. The van der Waals surface area contributed by atoms with Gasteiger partial charge in [-0.3, -0.25) is 9.59 Å². The van der Waals surface area contributed by atoms with Crippen LogP contribution in [0.1, 0.15) is 17.5 Å². The lowest BCUT2D eigenvalue weighted by atomic mass is 10.2. The van der Waals surface area contributed by atoms with Gasteiger partial charge in [-0.05, 0) is 35.9 Å². The summed E-state index contributed by atoms with van der Waals surface area (Å²) in [5.74, 6) is -0.866. The highest BCUT2D eigenvalue weighted by Crippen LogP contribution is 2.24. The number of halogens is 2. The fraction of sp³-hybridized carbons (Fsp3) is 0.158. The first kappa shape index (κ1) is 21.4. The lowest BCUT2D eigenvalue weighted by Gasteiger charge is -2.09. The lowest BCUT2D eigenvalue weighted by molar-refractivity contribution is -0.138. The number of benzene rings is 2. The third kappa shape index (κ3) is 6.31. The van der Waals surface area contributed by atoms with Crippen molar-refractivity contribution in [2.24, 2.45) is 10.2 Å². The molecule has 2 N–H and O–H groups in total. The first-order valence-corrected chi connectivity index (χ1v) is 10.4. The number of carboxylic acids is 1. The minimum absolute atomic E-state index is 0.247. The molecule has 0 aromatic heterocycles. The summed E-state index contributed by atoms with van der Waals surface area (Å²) in [6.45, 7) is 0.368. The Bertz CT molecular complexity index is 982. The van der Waals surface area contributed by atoms with Gasteiger partial charge in [0, 0.05) is 15.1 Å². The lowest BCUT2D eigenvalue weighted by Crippen LogP contribution is -2.26. The highest BCUT2D eigenvalue weighted by Gasteiger charge is 2.32. The first-order chi connectivity index (χ1) is 13.9. The van der Waals surface area contributed by atoms with Gasteiger partial charge >= 0.3 is 5.97 Å². The molecule has 10 heteroatoms. The van der Waals surface area contributed by atoms with E-state index in [2.05, 4.69) is 31.4 Å². The predicted molar refractivity (Wildman–Crippen MR) is 117 cm³/mol. The summed E-state index contributed by atoms with van der Waals surface area (Å²) in [6.07, 6.45) is 1.19. The fourth-order valence-electron chi connectivity index (χ4n) is 2.38. The van der Waals surface area contributed by atoms with Crippen molar-refractivity contribution in [1.82, 2.24) is 5.32 Å². The summed E-state index contributed by atoms with van der Waals surface area (Å²) in [5.41, 5.74) is 1.62. The second kappa shape index (κ2) is 9.91. The van der Waals surface area contributed by atoms with Gasteiger partial charge in [0.15, 0.2) is 5.17 Å². The van der Waals surface area contributed by atoms with Crippen LogP contribution >= 0.6 is 39.3 Å². The maximum Gasteiger partial charge on any atom is 0.305 e. The van der Waals surface area contributed by atoms with E-state index in [0.717, 1.165) is 21.8 Å². The first-order valence-electron chi connectivity index (χ1n) is 8.38. The number of amides is 1. The summed E-state index contributed by atoms with van der Waals surface area (Å²) in [5, 5.41) is 19.3. The molecule has 1 saturated heterocycles. The highest BCUT2D eigenvalue weighted by molar-refractivity contribution is 9.10. The van der Waals surface area contributed by atoms with Crippen LogP contribution in [0.2, 0.25) is 5.02 Å². The van der Waals surface area contributed by atoms with E-state index in [-0.39, 0.29) is 11.6 Å². The molecule has 3 rings (SSSR count). The second-order valence-corrected chi connectivity index (χ2v) is 8.48. The molecule has 1 fully saturated rings. The maximum atomic E-state index is 11.7. The molecule has 0 spiro atoms. The number of carbonyl (C=O) groups excluding carboxylic acids is 1. The molecule has 1 atom stereocenters. The van der Waals surface area contributed by atoms with E-state index in [9.17, 15) is 9.59 Å². The average Bonchev–Trinajstić information content (AvgIpc) is 3.01. The van der Waals surface area contributed by atoms with Crippen molar-refractivity contribution in [2.45, 2.75) is 18.3 Å². The van der Waals surface area contributed by atoms with E-state index < -0.39 is 17.1 Å². The number of carbonyl (C=O) groups is 2. The summed E-state index contributed by atoms with van der Waals surface area (Å²) < 4.78 is 6.85. The van der Waals surface area contributed by atoms with Crippen molar-refractivity contribution in [1.29, 1.82) is 0 Å². The number of nitrogens with zero attached hydrogens (tertiary/aromatic N) is 2. The second-order valence-electron chi connectivity index (χ2n) is 5.94. The van der Waals surface area contributed by atoms with Crippen LogP contribution in [-0.2, 0) is 16.2 Å². The van der Waals surface area contributed by atoms with Crippen LogP contribution in [0, 0.1) is 0 Å². The van der Waals surface area contributed by atoms with E-state index in [4.69, 9.17) is 21.4 Å². The number of carboxylic acid groups (broad SMARTS) is 1. The zero-order chi connectivity index (χ0) is 20.8. The van der Waals surface area contributed by atoms with E-state index in [0.29, 0.717) is 22.9 Å². The summed E-state index contributed by atoms with van der Waals surface area (Å²) in [6, 6.07) is 12.9.